The van der Waals surface area contributed by atoms with Crippen LogP contribution < -0.4 is 16.0 Å². The van der Waals surface area contributed by atoms with Crippen LogP contribution in [0.4, 0.5) is 14.5 Å². The van der Waals surface area contributed by atoms with Gasteiger partial charge in [0.2, 0.25) is 5.91 Å². The average molecular weight is 554 g/mol. The van der Waals surface area contributed by atoms with Crippen LogP contribution in [0.15, 0.2) is 60.7 Å². The summed E-state index contributed by atoms with van der Waals surface area (Å²) < 4.78 is 27.7. The van der Waals surface area contributed by atoms with Gasteiger partial charge in [-0.15, -0.1) is 0 Å². The molecule has 214 valence electrons. The van der Waals surface area contributed by atoms with Gasteiger partial charge < -0.3 is 26.2 Å². The van der Waals surface area contributed by atoms with Gasteiger partial charge in [0.25, 0.3) is 5.91 Å². The zero-order valence-corrected chi connectivity index (χ0v) is 23.2. The van der Waals surface area contributed by atoms with Gasteiger partial charge in [0.05, 0.1) is 17.7 Å². The molecular weight excluding hydrogens is 516 g/mol. The van der Waals surface area contributed by atoms with Gasteiger partial charge >= 0.3 is 0 Å². The van der Waals surface area contributed by atoms with Crippen molar-refractivity contribution in [1.29, 1.82) is 0 Å². The standard InChI is InChI=1S/C31H37F2N3O4/c1-5-19-7-6-8-20(11-19)17-34-18-28(38)26(14-21-12-22(32)15-23(33)13-21)36-29(39)25-10-9-24(16-27(25)37)35-30(40)31(2,3)4/h6-13,15-16,26,28,34,37-38H,5,14,17-18H2,1-4H3,(H,35,40)(H,36,39)/t26-,28+/m0/s1. The molecule has 0 radical (unpaired) electrons. The fraction of sp³-hybridized carbons (Fsp3) is 0.355. The number of benzene rings is 3. The maximum Gasteiger partial charge on any atom is 0.255 e. The highest BCUT2D eigenvalue weighted by Crippen LogP contribution is 2.24. The number of aliphatic hydroxyl groups excluding tert-OH is 1. The van der Waals surface area contributed by atoms with Crippen molar-refractivity contribution in [2.75, 3.05) is 11.9 Å². The molecule has 3 aromatic rings. The summed E-state index contributed by atoms with van der Waals surface area (Å²) in [4.78, 5) is 25.4. The highest BCUT2D eigenvalue weighted by atomic mass is 19.1. The van der Waals surface area contributed by atoms with Gasteiger partial charge in [-0.25, -0.2) is 8.78 Å². The summed E-state index contributed by atoms with van der Waals surface area (Å²) in [5, 5.41) is 30.1. The molecule has 0 saturated heterocycles. The fourth-order valence-electron chi connectivity index (χ4n) is 4.10. The highest BCUT2D eigenvalue weighted by Gasteiger charge is 2.25. The van der Waals surface area contributed by atoms with E-state index in [1.165, 1.54) is 23.8 Å². The van der Waals surface area contributed by atoms with Crippen LogP contribution in [0.25, 0.3) is 0 Å². The summed E-state index contributed by atoms with van der Waals surface area (Å²) in [5.74, 6) is -2.86. The monoisotopic (exact) mass is 553 g/mol. The number of carbonyl (C=O) groups excluding carboxylic acids is 2. The molecule has 0 spiro atoms. The van der Waals surface area contributed by atoms with Crippen LogP contribution in [0, 0.1) is 17.0 Å². The Kier molecular flexibility index (Phi) is 10.4. The van der Waals surface area contributed by atoms with Gasteiger partial charge in [0.15, 0.2) is 0 Å². The number of phenolic OH excluding ortho intramolecular Hbond substituents is 1. The molecule has 0 heterocycles. The number of halogens is 2. The molecule has 5 N–H and O–H groups in total. The van der Waals surface area contributed by atoms with Crippen LogP contribution in [-0.2, 0) is 24.2 Å². The quantitative estimate of drug-likeness (QED) is 0.236. The second-order valence-corrected chi connectivity index (χ2v) is 10.9. The van der Waals surface area contributed by atoms with Crippen molar-refractivity contribution < 1.29 is 28.6 Å². The largest absolute Gasteiger partial charge is 0.507 e. The first-order valence-electron chi connectivity index (χ1n) is 13.2. The number of aryl methyl sites for hydroxylation is 1. The van der Waals surface area contributed by atoms with E-state index in [0.717, 1.165) is 30.2 Å². The van der Waals surface area contributed by atoms with E-state index in [1.807, 2.05) is 18.2 Å². The van der Waals surface area contributed by atoms with Crippen LogP contribution in [0.5, 0.6) is 5.75 Å². The summed E-state index contributed by atoms with van der Waals surface area (Å²) >= 11 is 0. The zero-order valence-electron chi connectivity index (χ0n) is 23.2. The summed E-state index contributed by atoms with van der Waals surface area (Å²) in [6, 6.07) is 14.2. The minimum absolute atomic E-state index is 0.0604. The highest BCUT2D eigenvalue weighted by molar-refractivity contribution is 5.99. The first kappa shape index (κ1) is 30.7. The molecule has 2 amide bonds. The number of nitrogens with one attached hydrogen (secondary N) is 3. The molecule has 0 aliphatic heterocycles. The minimum Gasteiger partial charge on any atom is -0.507 e. The average Bonchev–Trinajstić information content (AvgIpc) is 2.87. The van der Waals surface area contributed by atoms with E-state index < -0.39 is 35.1 Å². The molecule has 2 atom stereocenters. The summed E-state index contributed by atoms with van der Waals surface area (Å²) in [5.41, 5.74) is 2.04. The maximum absolute atomic E-state index is 13.8. The van der Waals surface area contributed by atoms with Crippen molar-refractivity contribution in [2.45, 2.75) is 59.2 Å². The zero-order chi connectivity index (χ0) is 29.4. The Balaban J connectivity index is 1.75. The Morgan fingerprint density at radius 2 is 1.60 bits per heavy atom. The number of anilines is 1. The van der Waals surface area contributed by atoms with Crippen LogP contribution >= 0.6 is 0 Å². The molecule has 0 bridgehead atoms. The van der Waals surface area contributed by atoms with Crippen LogP contribution in [-0.4, -0.2) is 40.7 Å². The molecule has 9 heteroatoms. The van der Waals surface area contributed by atoms with Crippen molar-refractivity contribution in [3.8, 4) is 5.75 Å². The molecule has 40 heavy (non-hydrogen) atoms. The number of amides is 2. The molecule has 3 aromatic carbocycles. The number of phenols is 1. The molecule has 0 aliphatic rings. The number of hydrogen-bond acceptors (Lipinski definition) is 5. The number of carbonyl (C=O) groups is 2. The number of rotatable bonds is 11. The smallest absolute Gasteiger partial charge is 0.255 e. The Morgan fingerprint density at radius 1 is 0.925 bits per heavy atom. The molecule has 3 rings (SSSR count). The van der Waals surface area contributed by atoms with E-state index in [4.69, 9.17) is 0 Å². The predicted molar refractivity (Wildman–Crippen MR) is 151 cm³/mol. The van der Waals surface area contributed by atoms with Crippen LogP contribution in [0.2, 0.25) is 0 Å². The minimum atomic E-state index is -1.13. The molecule has 0 aliphatic carbocycles. The number of hydrogen-bond donors (Lipinski definition) is 5. The Hall–Kier alpha value is -3.82. The van der Waals surface area contributed by atoms with Crippen molar-refractivity contribution in [3.63, 3.8) is 0 Å². The lowest BCUT2D eigenvalue weighted by Gasteiger charge is -2.25. The van der Waals surface area contributed by atoms with Crippen molar-refractivity contribution in [2.24, 2.45) is 5.41 Å². The SMILES string of the molecule is CCc1cccc(CNC[C@@H](O)[C@H](Cc2cc(F)cc(F)c2)NC(=O)c2ccc(NC(=O)C(C)(C)C)cc2O)c1. The topological polar surface area (TPSA) is 111 Å². The van der Waals surface area contributed by atoms with Crippen molar-refractivity contribution >= 4 is 17.5 Å². The van der Waals surface area contributed by atoms with Gasteiger partial charge in [-0.05, 0) is 53.8 Å². The number of aromatic hydroxyl groups is 1. The second-order valence-electron chi connectivity index (χ2n) is 10.9. The molecule has 0 unspecified atom stereocenters. The van der Waals surface area contributed by atoms with Gasteiger partial charge in [0.1, 0.15) is 17.4 Å². The predicted octanol–water partition coefficient (Wildman–Crippen LogP) is 4.71. The Labute approximate surface area is 233 Å². The van der Waals surface area contributed by atoms with E-state index in [-0.39, 0.29) is 35.7 Å². The van der Waals surface area contributed by atoms with E-state index in [0.29, 0.717) is 12.2 Å². The van der Waals surface area contributed by atoms with Gasteiger partial charge in [-0.2, -0.15) is 0 Å². The van der Waals surface area contributed by atoms with E-state index in [1.54, 1.807) is 20.8 Å². The summed E-state index contributed by atoms with van der Waals surface area (Å²) in [6.07, 6.45) is -0.294. The third kappa shape index (κ3) is 8.86. The van der Waals surface area contributed by atoms with E-state index >= 15 is 0 Å². The van der Waals surface area contributed by atoms with Gasteiger partial charge in [-0.3, -0.25) is 9.59 Å². The first-order chi connectivity index (χ1) is 18.8. The lowest BCUT2D eigenvalue weighted by Crippen LogP contribution is -2.48. The van der Waals surface area contributed by atoms with Gasteiger partial charge in [-0.1, -0.05) is 52.0 Å². The van der Waals surface area contributed by atoms with Gasteiger partial charge in [0, 0.05) is 36.3 Å². The maximum atomic E-state index is 13.8. The Morgan fingerprint density at radius 3 is 2.23 bits per heavy atom. The van der Waals surface area contributed by atoms with Crippen LogP contribution in [0.3, 0.4) is 0 Å². The molecule has 0 fully saturated rings. The third-order valence-corrected chi connectivity index (χ3v) is 6.42. The lowest BCUT2D eigenvalue weighted by atomic mass is 9.95. The van der Waals surface area contributed by atoms with Crippen LogP contribution in [0.1, 0.15) is 54.7 Å². The Bertz CT molecular complexity index is 1320. The number of aliphatic hydroxyl groups is 1. The van der Waals surface area contributed by atoms with E-state index in [2.05, 4.69) is 28.9 Å². The molecule has 0 saturated carbocycles. The second kappa shape index (κ2) is 13.5. The van der Waals surface area contributed by atoms with Crippen molar-refractivity contribution in [1.82, 2.24) is 10.6 Å². The van der Waals surface area contributed by atoms with E-state index in [9.17, 15) is 28.6 Å². The summed E-state index contributed by atoms with van der Waals surface area (Å²) in [6.45, 7) is 7.86. The third-order valence-electron chi connectivity index (χ3n) is 6.42. The molecule has 7 nitrogen and oxygen atoms in total. The molecule has 0 aromatic heterocycles. The van der Waals surface area contributed by atoms with Crippen molar-refractivity contribution in [3.05, 3.63) is 94.6 Å². The lowest BCUT2D eigenvalue weighted by molar-refractivity contribution is -0.123. The molecular formula is C31H37F2N3O4. The fourth-order valence-corrected chi connectivity index (χ4v) is 4.10. The summed E-state index contributed by atoms with van der Waals surface area (Å²) in [7, 11) is 0. The first-order valence-corrected chi connectivity index (χ1v) is 13.2. The normalized spacial score (nSPS) is 13.0.